The van der Waals surface area contributed by atoms with Crippen LogP contribution in [0.2, 0.25) is 10.0 Å². The van der Waals surface area contributed by atoms with Crippen molar-refractivity contribution in [3.05, 3.63) is 33.8 Å². The van der Waals surface area contributed by atoms with Crippen LogP contribution in [0.15, 0.2) is 18.2 Å². The van der Waals surface area contributed by atoms with Crippen molar-refractivity contribution in [1.29, 1.82) is 0 Å². The normalized spacial score (nSPS) is 19.9. The monoisotopic (exact) mass is 301 g/mol. The van der Waals surface area contributed by atoms with Crippen molar-refractivity contribution in [2.45, 2.75) is 37.3 Å². The molecule has 0 aromatic heterocycles. The summed E-state index contributed by atoms with van der Waals surface area (Å²) in [6, 6.07) is 5.54. The minimum Gasteiger partial charge on any atom is -0.302 e. The maximum Gasteiger partial charge on any atom is 0.0658 e. The van der Waals surface area contributed by atoms with Crippen molar-refractivity contribution in [2.75, 3.05) is 14.1 Å². The minimum absolute atomic E-state index is 0.00305. The molecule has 0 amide bonds. The molecular weight excluding hydrogens is 281 g/mol. The second-order valence-electron chi connectivity index (χ2n) is 5.47. The van der Waals surface area contributed by atoms with Crippen LogP contribution in [0.4, 0.5) is 0 Å². The van der Waals surface area contributed by atoms with Crippen molar-refractivity contribution in [3.63, 3.8) is 0 Å². The van der Waals surface area contributed by atoms with E-state index in [-0.39, 0.29) is 11.6 Å². The standard InChI is InChI=1S/C14H21Cl2N3/c1-19(2)14(7-3-4-8-14)13(18-17)11-9-10(15)5-6-12(11)16/h5-6,9,13,18H,3-4,7-8,17H2,1-2H3. The quantitative estimate of drug-likeness (QED) is 0.662. The molecule has 1 saturated carbocycles. The van der Waals surface area contributed by atoms with E-state index in [2.05, 4.69) is 24.4 Å². The molecule has 3 N–H and O–H groups in total. The molecule has 3 nitrogen and oxygen atoms in total. The van der Waals surface area contributed by atoms with Crippen molar-refractivity contribution < 1.29 is 0 Å². The molecule has 19 heavy (non-hydrogen) atoms. The number of benzene rings is 1. The van der Waals surface area contributed by atoms with Gasteiger partial charge in [0.15, 0.2) is 0 Å². The fraction of sp³-hybridized carbons (Fsp3) is 0.571. The van der Waals surface area contributed by atoms with Gasteiger partial charge in [0.05, 0.1) is 6.04 Å². The molecule has 1 aliphatic carbocycles. The summed E-state index contributed by atoms with van der Waals surface area (Å²) in [5.74, 6) is 5.85. The van der Waals surface area contributed by atoms with Crippen LogP contribution < -0.4 is 11.3 Å². The van der Waals surface area contributed by atoms with Crippen molar-refractivity contribution in [2.24, 2.45) is 5.84 Å². The number of nitrogens with two attached hydrogens (primary N) is 1. The summed E-state index contributed by atoms with van der Waals surface area (Å²) in [5.41, 5.74) is 3.95. The maximum atomic E-state index is 6.34. The van der Waals surface area contributed by atoms with Gasteiger partial charge in [-0.15, -0.1) is 0 Å². The van der Waals surface area contributed by atoms with Gasteiger partial charge in [-0.2, -0.15) is 0 Å². The second-order valence-corrected chi connectivity index (χ2v) is 6.31. The van der Waals surface area contributed by atoms with E-state index >= 15 is 0 Å². The first-order valence-corrected chi connectivity index (χ1v) is 7.35. The predicted molar refractivity (Wildman–Crippen MR) is 81.4 cm³/mol. The van der Waals surface area contributed by atoms with Crippen LogP contribution in [0.1, 0.15) is 37.3 Å². The highest BCUT2D eigenvalue weighted by molar-refractivity contribution is 6.33. The Hall–Kier alpha value is -0.320. The number of nitrogens with zero attached hydrogens (tertiary/aromatic N) is 1. The van der Waals surface area contributed by atoms with E-state index in [1.807, 2.05) is 12.1 Å². The first kappa shape index (κ1) is 15.1. The van der Waals surface area contributed by atoms with Gasteiger partial charge in [0.25, 0.3) is 0 Å². The van der Waals surface area contributed by atoms with E-state index < -0.39 is 0 Å². The Labute approximate surface area is 125 Å². The van der Waals surface area contributed by atoms with Gasteiger partial charge in [-0.1, -0.05) is 36.0 Å². The summed E-state index contributed by atoms with van der Waals surface area (Å²) >= 11 is 12.5. The van der Waals surface area contributed by atoms with E-state index in [1.54, 1.807) is 6.07 Å². The summed E-state index contributed by atoms with van der Waals surface area (Å²) in [6.07, 6.45) is 4.65. The van der Waals surface area contributed by atoms with Gasteiger partial charge in [0, 0.05) is 15.6 Å². The first-order chi connectivity index (χ1) is 9.01. The highest BCUT2D eigenvalue weighted by Crippen LogP contribution is 2.44. The van der Waals surface area contributed by atoms with Crippen LogP contribution in [-0.2, 0) is 0 Å². The molecule has 106 valence electrons. The molecule has 1 unspecified atom stereocenters. The van der Waals surface area contributed by atoms with Crippen LogP contribution in [-0.4, -0.2) is 24.5 Å². The molecule has 0 bridgehead atoms. The average molecular weight is 302 g/mol. The number of hydrazine groups is 1. The lowest BCUT2D eigenvalue weighted by atomic mass is 9.83. The van der Waals surface area contributed by atoms with E-state index in [0.29, 0.717) is 10.0 Å². The Morgan fingerprint density at radius 1 is 1.26 bits per heavy atom. The van der Waals surface area contributed by atoms with Crippen LogP contribution in [0.5, 0.6) is 0 Å². The Morgan fingerprint density at radius 2 is 1.89 bits per heavy atom. The van der Waals surface area contributed by atoms with Crippen LogP contribution in [0, 0.1) is 0 Å². The Morgan fingerprint density at radius 3 is 2.42 bits per heavy atom. The third kappa shape index (κ3) is 2.76. The molecule has 1 fully saturated rings. The number of hydrogen-bond donors (Lipinski definition) is 2. The molecule has 0 heterocycles. The maximum absolute atomic E-state index is 6.34. The lowest BCUT2D eigenvalue weighted by Gasteiger charge is -2.43. The molecule has 1 aromatic rings. The van der Waals surface area contributed by atoms with Gasteiger partial charge in [-0.25, -0.2) is 0 Å². The Kier molecular flexibility index (Phi) is 4.75. The van der Waals surface area contributed by atoms with Gasteiger partial charge in [-0.05, 0) is 50.7 Å². The highest BCUT2D eigenvalue weighted by atomic mass is 35.5. The van der Waals surface area contributed by atoms with Gasteiger partial charge < -0.3 is 4.90 Å². The third-order valence-electron chi connectivity index (χ3n) is 4.33. The zero-order valence-electron chi connectivity index (χ0n) is 11.4. The molecular formula is C14H21Cl2N3. The topological polar surface area (TPSA) is 41.3 Å². The SMILES string of the molecule is CN(C)C1(C(NN)c2cc(Cl)ccc2Cl)CCCC1. The number of halogens is 2. The summed E-state index contributed by atoms with van der Waals surface area (Å²) < 4.78 is 0. The molecule has 1 atom stereocenters. The Balaban J connectivity index is 2.45. The van der Waals surface area contributed by atoms with Gasteiger partial charge in [0.2, 0.25) is 0 Å². The molecule has 0 spiro atoms. The Bertz CT molecular complexity index is 442. The lowest BCUT2D eigenvalue weighted by Crippen LogP contribution is -2.53. The molecule has 1 aliphatic rings. The first-order valence-electron chi connectivity index (χ1n) is 6.60. The van der Waals surface area contributed by atoms with E-state index in [4.69, 9.17) is 29.0 Å². The predicted octanol–water partition coefficient (Wildman–Crippen LogP) is 3.37. The van der Waals surface area contributed by atoms with Crippen molar-refractivity contribution >= 4 is 23.2 Å². The third-order valence-corrected chi connectivity index (χ3v) is 4.91. The van der Waals surface area contributed by atoms with Crippen LogP contribution in [0.25, 0.3) is 0 Å². The van der Waals surface area contributed by atoms with Gasteiger partial charge in [0.1, 0.15) is 0 Å². The summed E-state index contributed by atoms with van der Waals surface area (Å²) in [4.78, 5) is 2.27. The number of rotatable bonds is 4. The summed E-state index contributed by atoms with van der Waals surface area (Å²) in [5, 5.41) is 1.40. The summed E-state index contributed by atoms with van der Waals surface area (Å²) in [6.45, 7) is 0. The molecule has 2 rings (SSSR count). The smallest absolute Gasteiger partial charge is 0.0658 e. The summed E-state index contributed by atoms with van der Waals surface area (Å²) in [7, 11) is 4.21. The van der Waals surface area contributed by atoms with Crippen molar-refractivity contribution in [3.8, 4) is 0 Å². The number of likely N-dealkylation sites (N-methyl/N-ethyl adjacent to an activating group) is 1. The zero-order valence-corrected chi connectivity index (χ0v) is 12.9. The zero-order chi connectivity index (χ0) is 14.0. The number of nitrogens with one attached hydrogen (secondary N) is 1. The van der Waals surface area contributed by atoms with E-state index in [9.17, 15) is 0 Å². The molecule has 0 saturated heterocycles. The number of hydrogen-bond acceptors (Lipinski definition) is 3. The molecule has 0 radical (unpaired) electrons. The second kappa shape index (κ2) is 5.98. The van der Waals surface area contributed by atoms with E-state index in [0.717, 1.165) is 18.4 Å². The molecule has 5 heteroatoms. The van der Waals surface area contributed by atoms with Crippen LogP contribution >= 0.6 is 23.2 Å². The van der Waals surface area contributed by atoms with Gasteiger partial charge >= 0.3 is 0 Å². The fourth-order valence-electron chi connectivity index (χ4n) is 3.25. The van der Waals surface area contributed by atoms with E-state index in [1.165, 1.54) is 12.8 Å². The average Bonchev–Trinajstić information content (AvgIpc) is 2.85. The van der Waals surface area contributed by atoms with Crippen molar-refractivity contribution in [1.82, 2.24) is 10.3 Å². The lowest BCUT2D eigenvalue weighted by molar-refractivity contribution is 0.105. The van der Waals surface area contributed by atoms with Crippen LogP contribution in [0.3, 0.4) is 0 Å². The van der Waals surface area contributed by atoms with Gasteiger partial charge in [-0.3, -0.25) is 11.3 Å². The molecule has 0 aliphatic heterocycles. The highest BCUT2D eigenvalue weighted by Gasteiger charge is 2.44. The largest absolute Gasteiger partial charge is 0.302 e. The fourth-order valence-corrected chi connectivity index (χ4v) is 3.66. The molecule has 1 aromatic carbocycles. The minimum atomic E-state index is -0.0174.